The average molecular weight is 280 g/mol. The second-order valence-corrected chi connectivity index (χ2v) is 4.45. The fraction of sp³-hybridized carbons (Fsp3) is 0.250. The summed E-state index contributed by atoms with van der Waals surface area (Å²) in [6, 6.07) is 5.45. The number of aromatic nitrogens is 3. The molecule has 0 aliphatic heterocycles. The van der Waals surface area contributed by atoms with Gasteiger partial charge in [0.2, 0.25) is 0 Å². The van der Waals surface area contributed by atoms with Gasteiger partial charge in [-0.05, 0) is 32.0 Å². The number of nitrogens with one attached hydrogen (secondary N) is 2. The van der Waals surface area contributed by atoms with E-state index in [0.29, 0.717) is 16.6 Å². The lowest BCUT2D eigenvalue weighted by Crippen LogP contribution is -2.16. The Morgan fingerprint density at radius 1 is 1.53 bits per heavy atom. The van der Waals surface area contributed by atoms with E-state index in [1.54, 1.807) is 19.1 Å². The zero-order valence-corrected chi connectivity index (χ0v) is 11.6. The van der Waals surface area contributed by atoms with E-state index in [-0.39, 0.29) is 5.69 Å². The quantitative estimate of drug-likeness (QED) is 0.842. The Morgan fingerprint density at radius 3 is 2.84 bits per heavy atom. The van der Waals surface area contributed by atoms with Crippen molar-refractivity contribution in [3.8, 4) is 0 Å². The summed E-state index contributed by atoms with van der Waals surface area (Å²) < 4.78 is 1.22. The van der Waals surface area contributed by atoms with Crippen LogP contribution in [0.15, 0.2) is 28.1 Å². The zero-order valence-electron chi connectivity index (χ0n) is 10.9. The molecule has 0 fully saturated rings. The molecule has 1 heterocycles. The smallest absolute Gasteiger partial charge is 0.364 e. The molecular weight excluding hydrogens is 266 g/mol. The molecule has 2 rings (SSSR count). The molecule has 0 aliphatic carbocycles. The molecule has 2 N–H and O–H groups in total. The van der Waals surface area contributed by atoms with Crippen molar-refractivity contribution in [1.29, 1.82) is 0 Å². The van der Waals surface area contributed by atoms with E-state index >= 15 is 0 Å². The van der Waals surface area contributed by atoms with Crippen molar-refractivity contribution in [3.63, 3.8) is 0 Å². The van der Waals surface area contributed by atoms with E-state index in [1.165, 1.54) is 4.68 Å². The number of benzene rings is 1. The predicted octanol–water partition coefficient (Wildman–Crippen LogP) is 1.85. The number of nitrogens with zero attached hydrogens (tertiary/aromatic N) is 3. The van der Waals surface area contributed by atoms with Crippen LogP contribution in [0.5, 0.6) is 0 Å². The number of anilines is 1. The highest BCUT2D eigenvalue weighted by atomic mass is 35.5. The van der Waals surface area contributed by atoms with Gasteiger partial charge in [-0.3, -0.25) is 0 Å². The van der Waals surface area contributed by atoms with E-state index in [4.69, 9.17) is 11.6 Å². The van der Waals surface area contributed by atoms with Crippen molar-refractivity contribution in [2.45, 2.75) is 13.8 Å². The van der Waals surface area contributed by atoms with Crippen LogP contribution in [0.25, 0.3) is 0 Å². The van der Waals surface area contributed by atoms with E-state index in [9.17, 15) is 4.79 Å². The normalized spacial score (nSPS) is 11.7. The molecule has 0 saturated carbocycles. The summed E-state index contributed by atoms with van der Waals surface area (Å²) in [5, 5.41) is 14.1. The Bertz CT molecular complexity index is 686. The van der Waals surface area contributed by atoms with Gasteiger partial charge in [0.05, 0.1) is 5.71 Å². The van der Waals surface area contributed by atoms with Gasteiger partial charge in [-0.25, -0.2) is 9.89 Å². The highest BCUT2D eigenvalue weighted by Crippen LogP contribution is 2.21. The summed E-state index contributed by atoms with van der Waals surface area (Å²) in [5.74, 6) is 0.498. The molecule has 2 aromatic rings. The van der Waals surface area contributed by atoms with Crippen LogP contribution in [-0.2, 0) is 0 Å². The summed E-state index contributed by atoms with van der Waals surface area (Å²) in [6.07, 6.45) is 0. The summed E-state index contributed by atoms with van der Waals surface area (Å²) in [4.78, 5) is 11.5. The molecule has 0 atom stereocenters. The fourth-order valence-corrected chi connectivity index (χ4v) is 1.90. The van der Waals surface area contributed by atoms with Crippen molar-refractivity contribution in [2.24, 2.45) is 5.10 Å². The first kappa shape index (κ1) is 13.4. The molecule has 7 heteroatoms. The van der Waals surface area contributed by atoms with Gasteiger partial charge in [0, 0.05) is 23.3 Å². The monoisotopic (exact) mass is 279 g/mol. The SMILES string of the molecule is CNc1ccc(Cl)cc1/C(C)=N/n1c(C)n[nH]c1=O. The van der Waals surface area contributed by atoms with E-state index in [2.05, 4.69) is 20.6 Å². The maximum Gasteiger partial charge on any atom is 0.364 e. The van der Waals surface area contributed by atoms with Crippen LogP contribution in [0.3, 0.4) is 0 Å². The molecule has 19 heavy (non-hydrogen) atoms. The third-order valence-corrected chi connectivity index (χ3v) is 2.94. The summed E-state index contributed by atoms with van der Waals surface area (Å²) in [5.41, 5.74) is 2.02. The molecule has 0 amide bonds. The standard InChI is InChI=1S/C12H14ClN5O/c1-7(17-18-8(2)15-16-12(18)19)10-6-9(13)4-5-11(10)14-3/h4-6,14H,1-3H3,(H,16,19)/b17-7+. The van der Waals surface area contributed by atoms with Crippen LogP contribution in [0.2, 0.25) is 5.02 Å². The molecular formula is C12H14ClN5O. The van der Waals surface area contributed by atoms with Crippen molar-refractivity contribution in [2.75, 3.05) is 12.4 Å². The molecule has 1 aromatic carbocycles. The topological polar surface area (TPSA) is 75.1 Å². The predicted molar refractivity (Wildman–Crippen MR) is 76.2 cm³/mol. The summed E-state index contributed by atoms with van der Waals surface area (Å²) >= 11 is 5.99. The van der Waals surface area contributed by atoms with Crippen LogP contribution in [0.1, 0.15) is 18.3 Å². The number of H-pyrrole nitrogens is 1. The van der Waals surface area contributed by atoms with E-state index in [1.807, 2.05) is 20.0 Å². The van der Waals surface area contributed by atoms with Crippen LogP contribution in [-0.4, -0.2) is 27.6 Å². The van der Waals surface area contributed by atoms with Crippen LogP contribution in [0, 0.1) is 6.92 Å². The number of rotatable bonds is 3. The minimum atomic E-state index is -0.370. The van der Waals surface area contributed by atoms with Gasteiger partial charge in [-0.2, -0.15) is 14.9 Å². The maximum atomic E-state index is 11.5. The average Bonchev–Trinajstić information content (AvgIpc) is 2.70. The van der Waals surface area contributed by atoms with Gasteiger partial charge in [0.15, 0.2) is 5.82 Å². The zero-order chi connectivity index (χ0) is 14.0. The van der Waals surface area contributed by atoms with E-state index in [0.717, 1.165) is 11.3 Å². The molecule has 1 aromatic heterocycles. The Kier molecular flexibility index (Phi) is 3.71. The third-order valence-electron chi connectivity index (χ3n) is 2.70. The molecule has 100 valence electrons. The second kappa shape index (κ2) is 5.27. The van der Waals surface area contributed by atoms with Crippen LogP contribution in [0.4, 0.5) is 5.69 Å². The van der Waals surface area contributed by atoms with Gasteiger partial charge in [-0.1, -0.05) is 11.6 Å². The fourth-order valence-electron chi connectivity index (χ4n) is 1.73. The summed E-state index contributed by atoms with van der Waals surface area (Å²) in [6.45, 7) is 3.51. The molecule has 0 aliphatic rings. The Labute approximate surface area is 115 Å². The first-order valence-electron chi connectivity index (χ1n) is 5.70. The van der Waals surface area contributed by atoms with Crippen LogP contribution < -0.4 is 11.0 Å². The lowest BCUT2D eigenvalue weighted by molar-refractivity contribution is 0.794. The van der Waals surface area contributed by atoms with Gasteiger partial charge in [-0.15, -0.1) is 0 Å². The Balaban J connectivity index is 2.53. The molecule has 0 radical (unpaired) electrons. The van der Waals surface area contributed by atoms with Gasteiger partial charge < -0.3 is 5.32 Å². The number of halogens is 1. The minimum Gasteiger partial charge on any atom is -0.388 e. The highest BCUT2D eigenvalue weighted by Gasteiger charge is 2.08. The molecule has 0 bridgehead atoms. The number of aromatic amines is 1. The van der Waals surface area contributed by atoms with Gasteiger partial charge in [0.1, 0.15) is 0 Å². The van der Waals surface area contributed by atoms with Crippen molar-refractivity contribution in [1.82, 2.24) is 14.9 Å². The molecule has 0 unspecified atom stereocenters. The van der Waals surface area contributed by atoms with E-state index < -0.39 is 0 Å². The Hall–Kier alpha value is -2.08. The molecule has 0 saturated heterocycles. The number of hydrogen-bond donors (Lipinski definition) is 2. The number of aryl methyl sites for hydroxylation is 1. The third kappa shape index (κ3) is 2.68. The first-order valence-corrected chi connectivity index (χ1v) is 6.08. The largest absolute Gasteiger partial charge is 0.388 e. The number of hydrogen-bond acceptors (Lipinski definition) is 4. The van der Waals surface area contributed by atoms with Crippen LogP contribution >= 0.6 is 11.6 Å². The Morgan fingerprint density at radius 2 is 2.26 bits per heavy atom. The first-order chi connectivity index (χ1) is 9.02. The van der Waals surface area contributed by atoms with Gasteiger partial charge in [0.25, 0.3) is 0 Å². The van der Waals surface area contributed by atoms with Crippen molar-refractivity contribution < 1.29 is 0 Å². The molecule has 6 nitrogen and oxygen atoms in total. The van der Waals surface area contributed by atoms with Crippen molar-refractivity contribution >= 4 is 23.0 Å². The highest BCUT2D eigenvalue weighted by molar-refractivity contribution is 6.31. The summed E-state index contributed by atoms with van der Waals surface area (Å²) in [7, 11) is 1.81. The molecule has 0 spiro atoms. The second-order valence-electron chi connectivity index (χ2n) is 4.01. The lowest BCUT2D eigenvalue weighted by atomic mass is 10.1. The lowest BCUT2D eigenvalue weighted by Gasteiger charge is -2.09. The minimum absolute atomic E-state index is 0.370. The van der Waals surface area contributed by atoms with Gasteiger partial charge >= 0.3 is 5.69 Å². The maximum absolute atomic E-state index is 11.5. The van der Waals surface area contributed by atoms with Crippen molar-refractivity contribution in [3.05, 3.63) is 45.1 Å².